The molecule has 0 spiro atoms. The SMILES string of the molecule is CC[C@]12CCC3[C@H](C)C(=O)O[C@@H]3[C@H]1[C@H](C)C(=O)OC2. The van der Waals surface area contributed by atoms with E-state index in [1.54, 1.807) is 0 Å². The van der Waals surface area contributed by atoms with E-state index in [1.165, 1.54) is 0 Å². The second-order valence-electron chi connectivity index (χ2n) is 6.53. The van der Waals surface area contributed by atoms with Crippen molar-refractivity contribution in [2.24, 2.45) is 29.1 Å². The number of rotatable bonds is 1. The van der Waals surface area contributed by atoms with Gasteiger partial charge >= 0.3 is 11.9 Å². The van der Waals surface area contributed by atoms with Gasteiger partial charge in [-0.1, -0.05) is 20.8 Å². The van der Waals surface area contributed by atoms with Crippen LogP contribution >= 0.6 is 0 Å². The van der Waals surface area contributed by atoms with Gasteiger partial charge < -0.3 is 9.47 Å². The first-order valence-corrected chi connectivity index (χ1v) is 7.37. The average Bonchev–Trinajstić information content (AvgIpc) is 2.69. The highest BCUT2D eigenvalue weighted by molar-refractivity contribution is 5.76. The standard InChI is InChI=1S/C15H22O4/c1-4-15-6-5-10-8(2)14(17)19-12(10)11(15)9(3)13(16)18-7-15/h8-12H,4-7H2,1-3H3/t8-,9-,10?,11+,12-,15+/m0/s1. The largest absolute Gasteiger partial charge is 0.465 e. The molecule has 0 aromatic carbocycles. The molecule has 2 heterocycles. The molecule has 1 saturated carbocycles. The molecular weight excluding hydrogens is 244 g/mol. The highest BCUT2D eigenvalue weighted by atomic mass is 16.6. The maximum absolute atomic E-state index is 11.9. The molecule has 0 amide bonds. The van der Waals surface area contributed by atoms with Crippen LogP contribution in [0.5, 0.6) is 0 Å². The third kappa shape index (κ3) is 1.65. The molecule has 0 radical (unpaired) electrons. The zero-order chi connectivity index (χ0) is 13.8. The van der Waals surface area contributed by atoms with Crippen LogP contribution < -0.4 is 0 Å². The predicted molar refractivity (Wildman–Crippen MR) is 68.1 cm³/mol. The molecule has 4 heteroatoms. The van der Waals surface area contributed by atoms with Crippen molar-refractivity contribution >= 4 is 11.9 Å². The first-order chi connectivity index (χ1) is 9.00. The third-order valence-corrected chi connectivity index (χ3v) is 5.84. The molecule has 1 unspecified atom stereocenters. The van der Waals surface area contributed by atoms with Crippen molar-refractivity contribution in [2.45, 2.75) is 46.1 Å². The molecule has 1 aliphatic carbocycles. The van der Waals surface area contributed by atoms with Crippen LogP contribution in [0.15, 0.2) is 0 Å². The van der Waals surface area contributed by atoms with Crippen LogP contribution in [0.4, 0.5) is 0 Å². The van der Waals surface area contributed by atoms with E-state index in [0.717, 1.165) is 19.3 Å². The molecule has 3 aliphatic rings. The number of fused-ring (bicyclic) bond motifs is 3. The lowest BCUT2D eigenvalue weighted by Gasteiger charge is -2.52. The zero-order valence-corrected chi connectivity index (χ0v) is 11.8. The fourth-order valence-corrected chi connectivity index (χ4v) is 4.50. The summed E-state index contributed by atoms with van der Waals surface area (Å²) in [7, 11) is 0. The summed E-state index contributed by atoms with van der Waals surface area (Å²) in [5.41, 5.74) is 0.0127. The molecule has 4 nitrogen and oxygen atoms in total. The van der Waals surface area contributed by atoms with Gasteiger partial charge in [-0.25, -0.2) is 0 Å². The highest BCUT2D eigenvalue weighted by Gasteiger charge is 2.60. The van der Waals surface area contributed by atoms with E-state index in [-0.39, 0.29) is 47.1 Å². The molecule has 0 bridgehead atoms. The number of ether oxygens (including phenoxy) is 2. The Hall–Kier alpha value is -1.06. The van der Waals surface area contributed by atoms with Crippen LogP contribution in [0.2, 0.25) is 0 Å². The second kappa shape index (κ2) is 4.22. The molecule has 0 N–H and O–H groups in total. The third-order valence-electron chi connectivity index (χ3n) is 5.84. The molecule has 2 saturated heterocycles. The van der Waals surface area contributed by atoms with Crippen LogP contribution in [0, 0.1) is 29.1 Å². The van der Waals surface area contributed by atoms with E-state index < -0.39 is 0 Å². The topological polar surface area (TPSA) is 52.6 Å². The minimum atomic E-state index is -0.167. The smallest absolute Gasteiger partial charge is 0.309 e. The number of carbonyl (C=O) groups excluding carboxylic acids is 2. The van der Waals surface area contributed by atoms with Gasteiger partial charge in [-0.3, -0.25) is 9.59 Å². The minimum Gasteiger partial charge on any atom is -0.465 e. The summed E-state index contributed by atoms with van der Waals surface area (Å²) in [6.45, 7) is 6.53. The van der Waals surface area contributed by atoms with Gasteiger partial charge in [0.2, 0.25) is 0 Å². The van der Waals surface area contributed by atoms with Gasteiger partial charge in [0.25, 0.3) is 0 Å². The Morgan fingerprint density at radius 2 is 1.95 bits per heavy atom. The number of hydrogen-bond acceptors (Lipinski definition) is 4. The van der Waals surface area contributed by atoms with Gasteiger partial charge in [0.1, 0.15) is 6.10 Å². The van der Waals surface area contributed by atoms with E-state index in [2.05, 4.69) is 6.92 Å². The van der Waals surface area contributed by atoms with Crippen molar-refractivity contribution in [3.05, 3.63) is 0 Å². The van der Waals surface area contributed by atoms with E-state index >= 15 is 0 Å². The second-order valence-corrected chi connectivity index (χ2v) is 6.53. The molecule has 0 aromatic heterocycles. The summed E-state index contributed by atoms with van der Waals surface area (Å²) < 4.78 is 11.0. The Balaban J connectivity index is 1.98. The molecule has 0 aromatic rings. The molecule has 3 fully saturated rings. The lowest BCUT2D eigenvalue weighted by molar-refractivity contribution is -0.191. The maximum atomic E-state index is 11.9. The van der Waals surface area contributed by atoms with Gasteiger partial charge in [0.15, 0.2) is 0 Å². The van der Waals surface area contributed by atoms with Crippen molar-refractivity contribution in [1.29, 1.82) is 0 Å². The molecule has 3 rings (SSSR count). The van der Waals surface area contributed by atoms with E-state index in [4.69, 9.17) is 9.47 Å². The predicted octanol–water partition coefficient (Wildman–Crippen LogP) is 2.16. The molecule has 6 atom stereocenters. The fourth-order valence-electron chi connectivity index (χ4n) is 4.50. The monoisotopic (exact) mass is 266 g/mol. The summed E-state index contributed by atoms with van der Waals surface area (Å²) in [6.07, 6.45) is 2.93. The Labute approximate surface area is 113 Å². The lowest BCUT2D eigenvalue weighted by Crippen LogP contribution is -2.56. The van der Waals surface area contributed by atoms with Crippen molar-refractivity contribution in [2.75, 3.05) is 6.61 Å². The molecule has 2 aliphatic heterocycles. The highest BCUT2D eigenvalue weighted by Crippen LogP contribution is 2.56. The first-order valence-electron chi connectivity index (χ1n) is 7.37. The summed E-state index contributed by atoms with van der Waals surface area (Å²) in [6, 6.07) is 0. The van der Waals surface area contributed by atoms with Crippen molar-refractivity contribution in [3.63, 3.8) is 0 Å². The summed E-state index contributed by atoms with van der Waals surface area (Å²) in [5, 5.41) is 0. The van der Waals surface area contributed by atoms with Crippen LogP contribution in [0.25, 0.3) is 0 Å². The summed E-state index contributed by atoms with van der Waals surface area (Å²) in [5.74, 6) is -0.0000935. The summed E-state index contributed by atoms with van der Waals surface area (Å²) in [4.78, 5) is 23.8. The Bertz CT molecular complexity index is 418. The summed E-state index contributed by atoms with van der Waals surface area (Å²) >= 11 is 0. The van der Waals surface area contributed by atoms with Gasteiger partial charge in [0, 0.05) is 17.3 Å². The van der Waals surface area contributed by atoms with Crippen LogP contribution in [0.3, 0.4) is 0 Å². The van der Waals surface area contributed by atoms with Crippen LogP contribution in [0.1, 0.15) is 40.0 Å². The van der Waals surface area contributed by atoms with Gasteiger partial charge in [-0.2, -0.15) is 0 Å². The lowest BCUT2D eigenvalue weighted by atomic mass is 9.55. The average molecular weight is 266 g/mol. The van der Waals surface area contributed by atoms with E-state index in [9.17, 15) is 9.59 Å². The normalized spacial score (nSPS) is 49.1. The maximum Gasteiger partial charge on any atom is 0.309 e. The van der Waals surface area contributed by atoms with Crippen LogP contribution in [-0.2, 0) is 19.1 Å². The van der Waals surface area contributed by atoms with Crippen molar-refractivity contribution < 1.29 is 19.1 Å². The van der Waals surface area contributed by atoms with Gasteiger partial charge in [0.05, 0.1) is 18.4 Å². The Morgan fingerprint density at radius 3 is 2.63 bits per heavy atom. The van der Waals surface area contributed by atoms with Crippen molar-refractivity contribution in [1.82, 2.24) is 0 Å². The van der Waals surface area contributed by atoms with Crippen molar-refractivity contribution in [3.8, 4) is 0 Å². The first kappa shape index (κ1) is 12.9. The Morgan fingerprint density at radius 1 is 1.21 bits per heavy atom. The molecule has 19 heavy (non-hydrogen) atoms. The van der Waals surface area contributed by atoms with E-state index in [1.807, 2.05) is 13.8 Å². The number of hydrogen-bond donors (Lipinski definition) is 0. The van der Waals surface area contributed by atoms with E-state index in [0.29, 0.717) is 6.61 Å². The number of esters is 2. The number of carbonyl (C=O) groups is 2. The molecule has 106 valence electrons. The Kier molecular flexibility index (Phi) is 2.88. The van der Waals surface area contributed by atoms with Crippen LogP contribution in [-0.4, -0.2) is 24.6 Å². The molecular formula is C15H22O4. The van der Waals surface area contributed by atoms with Gasteiger partial charge in [-0.15, -0.1) is 0 Å². The fraction of sp³-hybridized carbons (Fsp3) is 0.867. The minimum absolute atomic E-state index is 0.0127. The quantitative estimate of drug-likeness (QED) is 0.682. The number of cyclic esters (lactones) is 1. The zero-order valence-electron chi connectivity index (χ0n) is 11.8. The van der Waals surface area contributed by atoms with Gasteiger partial charge in [-0.05, 0) is 19.3 Å².